The highest BCUT2D eigenvalue weighted by molar-refractivity contribution is 6.06. The number of halogens is 2. The number of hydrogen-bond acceptors (Lipinski definition) is 5. The molecular weight excluding hydrogens is 462 g/mol. The van der Waals surface area contributed by atoms with Gasteiger partial charge >= 0.3 is 0 Å². The van der Waals surface area contributed by atoms with Gasteiger partial charge in [-0.1, -0.05) is 0 Å². The van der Waals surface area contributed by atoms with Gasteiger partial charge in [0.25, 0.3) is 5.91 Å². The van der Waals surface area contributed by atoms with Gasteiger partial charge in [-0.2, -0.15) is 5.10 Å². The molecule has 2 aromatic carbocycles. The van der Waals surface area contributed by atoms with E-state index in [-0.39, 0.29) is 5.91 Å². The number of nitrogens with two attached hydrogens (primary N) is 1. The summed E-state index contributed by atoms with van der Waals surface area (Å²) in [7, 11) is 1.91. The van der Waals surface area contributed by atoms with Crippen LogP contribution in [0.1, 0.15) is 34.5 Å². The standard InChI is InChI=1S/C27H32F2N6O/c1-32-26(22-4-2-3-5-24(22)31-32)35(27(36)19-6-9-21(30)10-7-19)17-14-33-12-15-34(16-13-33)25-11-8-20(28)18-23(25)29/h6-11,18H,2-5,12-17,30H2,1H3. The average molecular weight is 495 g/mol. The van der Waals surface area contributed by atoms with Crippen LogP contribution in [0.4, 0.5) is 26.0 Å². The van der Waals surface area contributed by atoms with Crippen molar-refractivity contribution in [1.29, 1.82) is 0 Å². The molecule has 1 aliphatic heterocycles. The van der Waals surface area contributed by atoms with Gasteiger partial charge in [-0.25, -0.2) is 8.78 Å². The quantitative estimate of drug-likeness (QED) is 0.530. The maximum atomic E-state index is 14.2. The second kappa shape index (κ2) is 10.3. The summed E-state index contributed by atoms with van der Waals surface area (Å²) in [6, 6.07) is 10.7. The van der Waals surface area contributed by atoms with E-state index in [2.05, 4.69) is 4.90 Å². The number of anilines is 3. The smallest absolute Gasteiger partial charge is 0.259 e. The molecule has 0 saturated carbocycles. The van der Waals surface area contributed by atoms with Gasteiger partial charge in [0, 0.05) is 69.2 Å². The summed E-state index contributed by atoms with van der Waals surface area (Å²) in [5.41, 5.74) is 9.74. The molecular formula is C27H32F2N6O. The fourth-order valence-corrected chi connectivity index (χ4v) is 5.28. The molecule has 0 spiro atoms. The van der Waals surface area contributed by atoms with Crippen molar-refractivity contribution >= 4 is 23.1 Å². The first kappa shape index (κ1) is 24.2. The monoisotopic (exact) mass is 494 g/mol. The molecule has 2 heterocycles. The number of fused-ring (bicyclic) bond motifs is 1. The molecule has 1 aromatic heterocycles. The first-order valence-electron chi connectivity index (χ1n) is 12.5. The van der Waals surface area contributed by atoms with Crippen molar-refractivity contribution in [1.82, 2.24) is 14.7 Å². The van der Waals surface area contributed by atoms with E-state index in [1.165, 1.54) is 17.7 Å². The molecule has 1 saturated heterocycles. The average Bonchev–Trinajstić information content (AvgIpc) is 3.21. The van der Waals surface area contributed by atoms with Gasteiger partial charge in [-0.05, 0) is 62.1 Å². The van der Waals surface area contributed by atoms with Gasteiger partial charge < -0.3 is 10.6 Å². The van der Waals surface area contributed by atoms with Gasteiger partial charge in [0.05, 0.1) is 11.4 Å². The van der Waals surface area contributed by atoms with Crippen molar-refractivity contribution in [3.63, 3.8) is 0 Å². The number of carbonyl (C=O) groups excluding carboxylic acids is 1. The topological polar surface area (TPSA) is 70.6 Å². The molecule has 0 unspecified atom stereocenters. The minimum atomic E-state index is -0.571. The minimum Gasteiger partial charge on any atom is -0.399 e. The summed E-state index contributed by atoms with van der Waals surface area (Å²) in [6.07, 6.45) is 4.08. The van der Waals surface area contributed by atoms with Gasteiger partial charge in [0.1, 0.15) is 17.5 Å². The van der Waals surface area contributed by atoms with Crippen LogP contribution in [0.3, 0.4) is 0 Å². The zero-order valence-corrected chi connectivity index (χ0v) is 20.6. The Bertz CT molecular complexity index is 1230. The Balaban J connectivity index is 1.32. The summed E-state index contributed by atoms with van der Waals surface area (Å²) < 4.78 is 29.4. The molecule has 1 amide bonds. The summed E-state index contributed by atoms with van der Waals surface area (Å²) >= 11 is 0. The molecule has 0 radical (unpaired) electrons. The van der Waals surface area contributed by atoms with Gasteiger partial charge in [0.2, 0.25) is 0 Å². The Morgan fingerprint density at radius 3 is 2.47 bits per heavy atom. The van der Waals surface area contributed by atoms with Crippen LogP contribution in [0, 0.1) is 11.6 Å². The highest BCUT2D eigenvalue weighted by atomic mass is 19.1. The lowest BCUT2D eigenvalue weighted by molar-refractivity contribution is 0.0981. The molecule has 7 nitrogen and oxygen atoms in total. The Labute approximate surface area is 210 Å². The maximum Gasteiger partial charge on any atom is 0.259 e. The molecule has 2 aliphatic rings. The van der Waals surface area contributed by atoms with Crippen molar-refractivity contribution < 1.29 is 13.6 Å². The lowest BCUT2D eigenvalue weighted by Crippen LogP contribution is -2.49. The molecule has 190 valence electrons. The molecule has 0 atom stereocenters. The number of rotatable bonds is 6. The Hall–Kier alpha value is -3.46. The molecule has 0 bridgehead atoms. The van der Waals surface area contributed by atoms with Crippen LogP contribution in [0.2, 0.25) is 0 Å². The first-order valence-corrected chi connectivity index (χ1v) is 12.5. The lowest BCUT2D eigenvalue weighted by atomic mass is 9.97. The van der Waals surface area contributed by atoms with Crippen LogP contribution in [0.5, 0.6) is 0 Å². The largest absolute Gasteiger partial charge is 0.399 e. The Morgan fingerprint density at radius 2 is 1.75 bits per heavy atom. The molecule has 1 aliphatic carbocycles. The van der Waals surface area contributed by atoms with Crippen LogP contribution in [-0.2, 0) is 19.9 Å². The summed E-state index contributed by atoms with van der Waals surface area (Å²) in [4.78, 5) is 19.8. The van der Waals surface area contributed by atoms with Crippen LogP contribution in [-0.4, -0.2) is 59.9 Å². The highest BCUT2D eigenvalue weighted by Crippen LogP contribution is 2.31. The van der Waals surface area contributed by atoms with Crippen molar-refractivity contribution in [3.05, 3.63) is 70.9 Å². The van der Waals surface area contributed by atoms with E-state index in [9.17, 15) is 13.6 Å². The van der Waals surface area contributed by atoms with Crippen LogP contribution in [0.25, 0.3) is 0 Å². The third-order valence-electron chi connectivity index (χ3n) is 7.21. The van der Waals surface area contributed by atoms with Crippen molar-refractivity contribution in [2.75, 3.05) is 54.8 Å². The highest BCUT2D eigenvalue weighted by Gasteiger charge is 2.29. The van der Waals surface area contributed by atoms with Crippen molar-refractivity contribution in [2.24, 2.45) is 7.05 Å². The van der Waals surface area contributed by atoms with Gasteiger partial charge in [-0.3, -0.25) is 19.3 Å². The third kappa shape index (κ3) is 4.93. The zero-order valence-electron chi connectivity index (χ0n) is 20.6. The first-order chi connectivity index (χ1) is 17.4. The molecule has 36 heavy (non-hydrogen) atoms. The van der Waals surface area contributed by atoms with E-state index < -0.39 is 11.6 Å². The van der Waals surface area contributed by atoms with E-state index >= 15 is 0 Å². The van der Waals surface area contributed by atoms with Crippen molar-refractivity contribution in [3.8, 4) is 0 Å². The Morgan fingerprint density at radius 1 is 1.03 bits per heavy atom. The van der Waals surface area contributed by atoms with Crippen molar-refractivity contribution in [2.45, 2.75) is 25.7 Å². The molecule has 5 rings (SSSR count). The number of piperazine rings is 1. The maximum absolute atomic E-state index is 14.2. The predicted molar refractivity (Wildman–Crippen MR) is 137 cm³/mol. The number of nitrogens with zero attached hydrogens (tertiary/aromatic N) is 5. The number of nitrogen functional groups attached to an aromatic ring is 1. The fourth-order valence-electron chi connectivity index (χ4n) is 5.28. The van der Waals surface area contributed by atoms with E-state index in [0.29, 0.717) is 43.1 Å². The molecule has 9 heteroatoms. The number of benzene rings is 2. The summed E-state index contributed by atoms with van der Waals surface area (Å²) in [5.74, 6) is -0.306. The number of aryl methyl sites for hydroxylation is 2. The molecule has 3 aromatic rings. The second-order valence-electron chi connectivity index (χ2n) is 9.58. The van der Waals surface area contributed by atoms with Crippen LogP contribution in [0.15, 0.2) is 42.5 Å². The lowest BCUT2D eigenvalue weighted by Gasteiger charge is -2.37. The van der Waals surface area contributed by atoms with E-state index in [1.807, 2.05) is 21.5 Å². The van der Waals surface area contributed by atoms with E-state index in [0.717, 1.165) is 56.4 Å². The van der Waals surface area contributed by atoms with Gasteiger partial charge in [-0.15, -0.1) is 0 Å². The number of amides is 1. The third-order valence-corrected chi connectivity index (χ3v) is 7.21. The minimum absolute atomic E-state index is 0.0709. The number of hydrogen-bond donors (Lipinski definition) is 1. The van der Waals surface area contributed by atoms with E-state index in [1.54, 1.807) is 24.3 Å². The second-order valence-corrected chi connectivity index (χ2v) is 9.58. The van der Waals surface area contributed by atoms with Crippen LogP contribution >= 0.6 is 0 Å². The Kier molecular flexibility index (Phi) is 6.91. The van der Waals surface area contributed by atoms with Gasteiger partial charge in [0.15, 0.2) is 0 Å². The summed E-state index contributed by atoms with van der Waals surface area (Å²) in [6.45, 7) is 3.92. The summed E-state index contributed by atoms with van der Waals surface area (Å²) in [5, 5.41) is 4.74. The SMILES string of the molecule is Cn1nc2c(c1N(CCN1CCN(c3ccc(F)cc3F)CC1)C(=O)c1ccc(N)cc1)CCCC2. The normalized spacial score (nSPS) is 16.1. The molecule has 2 N–H and O–H groups in total. The number of aromatic nitrogens is 2. The van der Waals surface area contributed by atoms with Crippen LogP contribution < -0.4 is 15.5 Å². The zero-order chi connectivity index (χ0) is 25.2. The number of carbonyl (C=O) groups is 1. The van der Waals surface area contributed by atoms with E-state index in [4.69, 9.17) is 10.8 Å². The predicted octanol–water partition coefficient (Wildman–Crippen LogP) is 3.63. The fraction of sp³-hybridized carbons (Fsp3) is 0.407. The molecule has 1 fully saturated rings.